The molecule has 2 aromatic rings. The van der Waals surface area contributed by atoms with Crippen LogP contribution in [0, 0.1) is 5.92 Å². The van der Waals surface area contributed by atoms with Crippen molar-refractivity contribution in [3.63, 3.8) is 0 Å². The SMILES string of the molecule is C=CCOc1ccc(NC(=O)c2ccc(OCC(C)C)cc2)cc1. The van der Waals surface area contributed by atoms with Gasteiger partial charge in [-0.05, 0) is 54.4 Å². The van der Waals surface area contributed by atoms with Crippen molar-refractivity contribution in [2.75, 3.05) is 18.5 Å². The third-order valence-corrected chi connectivity index (χ3v) is 3.18. The molecule has 0 aliphatic rings. The molecule has 0 unspecified atom stereocenters. The van der Waals surface area contributed by atoms with Gasteiger partial charge in [0.15, 0.2) is 0 Å². The number of carbonyl (C=O) groups excluding carboxylic acids is 1. The van der Waals surface area contributed by atoms with E-state index in [1.165, 1.54) is 0 Å². The maximum absolute atomic E-state index is 12.3. The Morgan fingerprint density at radius 3 is 2.21 bits per heavy atom. The molecule has 126 valence electrons. The molecule has 0 spiro atoms. The molecule has 2 rings (SSSR count). The predicted molar refractivity (Wildman–Crippen MR) is 96.9 cm³/mol. The van der Waals surface area contributed by atoms with Crippen LogP contribution in [-0.2, 0) is 0 Å². The highest BCUT2D eigenvalue weighted by Gasteiger charge is 2.07. The fourth-order valence-electron chi connectivity index (χ4n) is 1.96. The lowest BCUT2D eigenvalue weighted by Gasteiger charge is -2.10. The van der Waals surface area contributed by atoms with Gasteiger partial charge in [-0.2, -0.15) is 0 Å². The van der Waals surface area contributed by atoms with Gasteiger partial charge >= 0.3 is 0 Å². The fourth-order valence-corrected chi connectivity index (χ4v) is 1.96. The van der Waals surface area contributed by atoms with Crippen LogP contribution >= 0.6 is 0 Å². The van der Waals surface area contributed by atoms with Gasteiger partial charge in [0, 0.05) is 11.3 Å². The topological polar surface area (TPSA) is 47.6 Å². The lowest BCUT2D eigenvalue weighted by molar-refractivity contribution is 0.102. The number of nitrogens with one attached hydrogen (secondary N) is 1. The molecule has 0 radical (unpaired) electrons. The van der Waals surface area contributed by atoms with Gasteiger partial charge in [0.2, 0.25) is 0 Å². The summed E-state index contributed by atoms with van der Waals surface area (Å²) >= 11 is 0. The van der Waals surface area contributed by atoms with Gasteiger partial charge in [-0.25, -0.2) is 0 Å². The molecule has 0 saturated heterocycles. The summed E-state index contributed by atoms with van der Waals surface area (Å²) in [5.74, 6) is 1.81. The highest BCUT2D eigenvalue weighted by Crippen LogP contribution is 2.18. The Balaban J connectivity index is 1.92. The van der Waals surface area contributed by atoms with E-state index in [1.54, 1.807) is 30.3 Å². The highest BCUT2D eigenvalue weighted by molar-refractivity contribution is 6.04. The van der Waals surface area contributed by atoms with Crippen molar-refractivity contribution < 1.29 is 14.3 Å². The van der Waals surface area contributed by atoms with E-state index in [9.17, 15) is 4.79 Å². The van der Waals surface area contributed by atoms with Crippen molar-refractivity contribution in [1.29, 1.82) is 0 Å². The first-order chi connectivity index (χ1) is 11.6. The molecule has 1 amide bonds. The minimum atomic E-state index is -0.162. The number of benzene rings is 2. The Bertz CT molecular complexity index is 660. The summed E-state index contributed by atoms with van der Waals surface area (Å²) in [7, 11) is 0. The molecule has 2 aromatic carbocycles. The van der Waals surface area contributed by atoms with Crippen LogP contribution in [0.25, 0.3) is 0 Å². The second-order valence-corrected chi connectivity index (χ2v) is 5.81. The standard InChI is InChI=1S/C20H23NO3/c1-4-13-23-18-11-7-17(8-12-18)21-20(22)16-5-9-19(10-6-16)24-14-15(2)3/h4-12,15H,1,13-14H2,2-3H3,(H,21,22). The Morgan fingerprint density at radius 2 is 1.62 bits per heavy atom. The van der Waals surface area contributed by atoms with Gasteiger partial charge in [0.1, 0.15) is 18.1 Å². The van der Waals surface area contributed by atoms with Crippen LogP contribution in [0.4, 0.5) is 5.69 Å². The Labute approximate surface area is 143 Å². The van der Waals surface area contributed by atoms with E-state index in [2.05, 4.69) is 25.7 Å². The molecular formula is C20H23NO3. The zero-order valence-electron chi connectivity index (χ0n) is 14.1. The highest BCUT2D eigenvalue weighted by atomic mass is 16.5. The van der Waals surface area contributed by atoms with Crippen molar-refractivity contribution in [3.05, 3.63) is 66.7 Å². The number of rotatable bonds is 8. The molecule has 0 aliphatic carbocycles. The van der Waals surface area contributed by atoms with Crippen LogP contribution in [0.5, 0.6) is 11.5 Å². The van der Waals surface area contributed by atoms with Crippen molar-refractivity contribution in [2.45, 2.75) is 13.8 Å². The summed E-state index contributed by atoms with van der Waals surface area (Å²) in [6, 6.07) is 14.4. The molecule has 0 heterocycles. The lowest BCUT2D eigenvalue weighted by atomic mass is 10.2. The van der Waals surface area contributed by atoms with Gasteiger partial charge < -0.3 is 14.8 Å². The molecule has 24 heavy (non-hydrogen) atoms. The number of hydrogen-bond donors (Lipinski definition) is 1. The summed E-state index contributed by atoms with van der Waals surface area (Å²) < 4.78 is 11.0. The number of amides is 1. The average Bonchev–Trinajstić information content (AvgIpc) is 2.59. The number of hydrogen-bond acceptors (Lipinski definition) is 3. The molecule has 1 N–H and O–H groups in total. The van der Waals surface area contributed by atoms with Gasteiger partial charge in [-0.15, -0.1) is 0 Å². The molecule has 0 aromatic heterocycles. The average molecular weight is 325 g/mol. The maximum atomic E-state index is 12.3. The third kappa shape index (κ3) is 5.47. The van der Waals surface area contributed by atoms with Gasteiger partial charge in [-0.3, -0.25) is 4.79 Å². The Hall–Kier alpha value is -2.75. The molecular weight excluding hydrogens is 302 g/mol. The van der Waals surface area contributed by atoms with E-state index in [0.717, 1.165) is 11.5 Å². The molecule has 0 bridgehead atoms. The van der Waals surface area contributed by atoms with Crippen molar-refractivity contribution in [1.82, 2.24) is 0 Å². The van der Waals surface area contributed by atoms with E-state index >= 15 is 0 Å². The van der Waals surface area contributed by atoms with Crippen LogP contribution in [-0.4, -0.2) is 19.1 Å². The van der Waals surface area contributed by atoms with Crippen molar-refractivity contribution >= 4 is 11.6 Å². The Kier molecular flexibility index (Phi) is 6.43. The van der Waals surface area contributed by atoms with Crippen molar-refractivity contribution in [3.8, 4) is 11.5 Å². The molecule has 0 atom stereocenters. The van der Waals surface area contributed by atoms with Gasteiger partial charge in [0.25, 0.3) is 5.91 Å². The third-order valence-electron chi connectivity index (χ3n) is 3.18. The van der Waals surface area contributed by atoms with Crippen molar-refractivity contribution in [2.24, 2.45) is 5.92 Å². The molecule has 4 nitrogen and oxygen atoms in total. The summed E-state index contributed by atoms with van der Waals surface area (Å²) in [5.41, 5.74) is 1.30. The minimum absolute atomic E-state index is 0.162. The molecule has 4 heteroatoms. The van der Waals surface area contributed by atoms with E-state index in [1.807, 2.05) is 24.3 Å². The summed E-state index contributed by atoms with van der Waals surface area (Å²) in [4.78, 5) is 12.3. The van der Waals surface area contributed by atoms with Crippen LogP contribution in [0.1, 0.15) is 24.2 Å². The zero-order chi connectivity index (χ0) is 17.4. The largest absolute Gasteiger partial charge is 0.493 e. The second kappa shape index (κ2) is 8.77. The molecule has 0 saturated carbocycles. The summed E-state index contributed by atoms with van der Waals surface area (Å²) in [6.45, 7) is 8.90. The van der Waals surface area contributed by atoms with E-state index < -0.39 is 0 Å². The smallest absolute Gasteiger partial charge is 0.255 e. The Morgan fingerprint density at radius 1 is 1.04 bits per heavy atom. The van der Waals surface area contributed by atoms with E-state index in [0.29, 0.717) is 30.4 Å². The lowest BCUT2D eigenvalue weighted by Crippen LogP contribution is -2.12. The second-order valence-electron chi connectivity index (χ2n) is 5.81. The van der Waals surface area contributed by atoms with Crippen LogP contribution in [0.15, 0.2) is 61.2 Å². The van der Waals surface area contributed by atoms with E-state index in [4.69, 9.17) is 9.47 Å². The minimum Gasteiger partial charge on any atom is -0.493 e. The first-order valence-corrected chi connectivity index (χ1v) is 7.96. The summed E-state index contributed by atoms with van der Waals surface area (Å²) in [5, 5.41) is 2.86. The maximum Gasteiger partial charge on any atom is 0.255 e. The molecule has 0 aliphatic heterocycles. The molecule has 0 fully saturated rings. The van der Waals surface area contributed by atoms with E-state index in [-0.39, 0.29) is 5.91 Å². The van der Waals surface area contributed by atoms with Crippen LogP contribution in [0.2, 0.25) is 0 Å². The predicted octanol–water partition coefficient (Wildman–Crippen LogP) is 4.54. The summed E-state index contributed by atoms with van der Waals surface area (Å²) in [6.07, 6.45) is 1.68. The monoisotopic (exact) mass is 325 g/mol. The zero-order valence-corrected chi connectivity index (χ0v) is 14.1. The fraction of sp³-hybridized carbons (Fsp3) is 0.250. The number of ether oxygens (including phenoxy) is 2. The van der Waals surface area contributed by atoms with Gasteiger partial charge in [-0.1, -0.05) is 26.5 Å². The number of anilines is 1. The first kappa shape index (κ1) is 17.6. The van der Waals surface area contributed by atoms with Crippen LogP contribution < -0.4 is 14.8 Å². The number of carbonyl (C=O) groups is 1. The van der Waals surface area contributed by atoms with Gasteiger partial charge in [0.05, 0.1) is 6.61 Å². The van der Waals surface area contributed by atoms with Crippen LogP contribution in [0.3, 0.4) is 0 Å². The first-order valence-electron chi connectivity index (χ1n) is 7.96. The quantitative estimate of drug-likeness (QED) is 0.725. The normalized spacial score (nSPS) is 10.3.